The molecule has 2 aromatic carbocycles. The van der Waals surface area contributed by atoms with E-state index >= 15 is 0 Å². The van der Waals surface area contributed by atoms with E-state index in [1.807, 2.05) is 0 Å². The van der Waals surface area contributed by atoms with Crippen LogP contribution in [0.1, 0.15) is 43.7 Å². The average Bonchev–Trinajstić information content (AvgIpc) is 3.27. The lowest BCUT2D eigenvalue weighted by atomic mass is 10.1. The Morgan fingerprint density at radius 2 is 1.75 bits per heavy atom. The lowest BCUT2D eigenvalue weighted by Crippen LogP contribution is -2.50. The van der Waals surface area contributed by atoms with Crippen molar-refractivity contribution in [2.24, 2.45) is 0 Å². The Morgan fingerprint density at radius 1 is 1.12 bits per heavy atom. The van der Waals surface area contributed by atoms with Crippen molar-refractivity contribution in [2.45, 2.75) is 57.0 Å². The SMILES string of the molecule is C[C@@H](C(=O)NC1CCCC1)N(Cc1c(Cl)cccc1Cl)C(=O)CSCc1ccc(F)cc1. The van der Waals surface area contributed by atoms with Gasteiger partial charge in [-0.15, -0.1) is 11.8 Å². The normalized spacial score (nSPS) is 14.9. The maximum atomic E-state index is 13.2. The number of halogens is 3. The zero-order valence-corrected chi connectivity index (χ0v) is 20.3. The Balaban J connectivity index is 1.70. The summed E-state index contributed by atoms with van der Waals surface area (Å²) < 4.78 is 13.1. The minimum absolute atomic E-state index is 0.147. The molecule has 172 valence electrons. The van der Waals surface area contributed by atoms with Gasteiger partial charge in [0.25, 0.3) is 0 Å². The van der Waals surface area contributed by atoms with Crippen molar-refractivity contribution in [3.63, 3.8) is 0 Å². The van der Waals surface area contributed by atoms with E-state index < -0.39 is 6.04 Å². The van der Waals surface area contributed by atoms with E-state index in [4.69, 9.17) is 23.2 Å². The number of amides is 2. The predicted octanol–water partition coefficient (Wildman–Crippen LogP) is 5.84. The van der Waals surface area contributed by atoms with E-state index in [0.717, 1.165) is 31.2 Å². The summed E-state index contributed by atoms with van der Waals surface area (Å²) in [7, 11) is 0. The highest BCUT2D eigenvalue weighted by atomic mass is 35.5. The molecular formula is C24H27Cl2FN2O2S. The van der Waals surface area contributed by atoms with Crippen molar-refractivity contribution in [1.82, 2.24) is 10.2 Å². The van der Waals surface area contributed by atoms with E-state index in [1.165, 1.54) is 28.8 Å². The fraction of sp³-hybridized carbons (Fsp3) is 0.417. The monoisotopic (exact) mass is 496 g/mol. The first kappa shape index (κ1) is 24.9. The third kappa shape index (κ3) is 6.87. The van der Waals surface area contributed by atoms with Gasteiger partial charge < -0.3 is 10.2 Å². The molecule has 0 aliphatic heterocycles. The van der Waals surface area contributed by atoms with Crippen molar-refractivity contribution in [3.05, 3.63) is 69.5 Å². The molecule has 1 aliphatic carbocycles. The van der Waals surface area contributed by atoms with Crippen LogP contribution < -0.4 is 5.32 Å². The topological polar surface area (TPSA) is 49.4 Å². The summed E-state index contributed by atoms with van der Waals surface area (Å²) in [4.78, 5) is 27.6. The zero-order chi connectivity index (χ0) is 23.1. The summed E-state index contributed by atoms with van der Waals surface area (Å²) in [5.74, 6) is 0.106. The van der Waals surface area contributed by atoms with Crippen molar-refractivity contribution < 1.29 is 14.0 Å². The van der Waals surface area contributed by atoms with Crippen LogP contribution in [-0.4, -0.2) is 34.6 Å². The quantitative estimate of drug-likeness (QED) is 0.474. The van der Waals surface area contributed by atoms with Crippen LogP contribution in [0.3, 0.4) is 0 Å². The van der Waals surface area contributed by atoms with Gasteiger partial charge in [0.2, 0.25) is 11.8 Å². The smallest absolute Gasteiger partial charge is 0.242 e. The number of nitrogens with one attached hydrogen (secondary N) is 1. The second-order valence-corrected chi connectivity index (χ2v) is 9.81. The average molecular weight is 497 g/mol. The number of hydrogen-bond acceptors (Lipinski definition) is 3. The lowest BCUT2D eigenvalue weighted by molar-refractivity contribution is -0.138. The molecular weight excluding hydrogens is 470 g/mol. The van der Waals surface area contributed by atoms with Gasteiger partial charge in [0.05, 0.1) is 5.75 Å². The molecule has 0 radical (unpaired) electrons. The van der Waals surface area contributed by atoms with Crippen LogP contribution in [0.4, 0.5) is 4.39 Å². The Kier molecular flexibility index (Phi) is 9.26. The first-order chi connectivity index (χ1) is 15.3. The van der Waals surface area contributed by atoms with E-state index in [1.54, 1.807) is 37.3 Å². The van der Waals surface area contributed by atoms with Crippen molar-refractivity contribution >= 4 is 46.8 Å². The van der Waals surface area contributed by atoms with Crippen LogP contribution in [0, 0.1) is 5.82 Å². The van der Waals surface area contributed by atoms with Crippen LogP contribution in [0.5, 0.6) is 0 Å². The Labute approximate surface area is 202 Å². The molecule has 32 heavy (non-hydrogen) atoms. The fourth-order valence-corrected chi connectivity index (χ4v) is 5.14. The molecule has 8 heteroatoms. The maximum absolute atomic E-state index is 13.2. The van der Waals surface area contributed by atoms with E-state index in [9.17, 15) is 14.0 Å². The minimum atomic E-state index is -0.665. The summed E-state index contributed by atoms with van der Waals surface area (Å²) in [5, 5.41) is 3.99. The van der Waals surface area contributed by atoms with Gasteiger partial charge in [-0.25, -0.2) is 4.39 Å². The van der Waals surface area contributed by atoms with E-state index in [-0.39, 0.29) is 36.0 Å². The third-order valence-electron chi connectivity index (χ3n) is 5.67. The molecule has 0 bridgehead atoms. The molecule has 1 fully saturated rings. The molecule has 2 aromatic rings. The highest BCUT2D eigenvalue weighted by Gasteiger charge is 2.29. The second-order valence-electron chi connectivity index (χ2n) is 8.01. The van der Waals surface area contributed by atoms with Gasteiger partial charge in [-0.2, -0.15) is 0 Å². The minimum Gasteiger partial charge on any atom is -0.352 e. The molecule has 0 saturated heterocycles. The summed E-state index contributed by atoms with van der Waals surface area (Å²) in [6.45, 7) is 1.88. The second kappa shape index (κ2) is 11.9. The predicted molar refractivity (Wildman–Crippen MR) is 129 cm³/mol. The highest BCUT2D eigenvalue weighted by Crippen LogP contribution is 2.27. The lowest BCUT2D eigenvalue weighted by Gasteiger charge is -2.30. The van der Waals surface area contributed by atoms with E-state index in [0.29, 0.717) is 21.4 Å². The van der Waals surface area contributed by atoms with Gasteiger partial charge in [0, 0.05) is 33.9 Å². The Hall–Kier alpha value is -1.76. The molecule has 3 rings (SSSR count). The summed E-state index contributed by atoms with van der Waals surface area (Å²) in [6, 6.07) is 10.9. The first-order valence-corrected chi connectivity index (χ1v) is 12.6. The largest absolute Gasteiger partial charge is 0.352 e. The van der Waals surface area contributed by atoms with Crippen LogP contribution in [-0.2, 0) is 21.9 Å². The molecule has 1 N–H and O–H groups in total. The number of benzene rings is 2. The van der Waals surface area contributed by atoms with Gasteiger partial charge in [0.1, 0.15) is 11.9 Å². The fourth-order valence-electron chi connectivity index (χ4n) is 3.75. The van der Waals surface area contributed by atoms with Crippen LogP contribution in [0.15, 0.2) is 42.5 Å². The summed E-state index contributed by atoms with van der Waals surface area (Å²) in [6.07, 6.45) is 4.15. The van der Waals surface area contributed by atoms with Crippen molar-refractivity contribution in [2.75, 3.05) is 5.75 Å². The number of carbonyl (C=O) groups excluding carboxylic acids is 2. The van der Waals surface area contributed by atoms with Crippen LogP contribution in [0.25, 0.3) is 0 Å². The van der Waals surface area contributed by atoms with Gasteiger partial charge in [0.15, 0.2) is 0 Å². The van der Waals surface area contributed by atoms with Crippen molar-refractivity contribution in [1.29, 1.82) is 0 Å². The van der Waals surface area contributed by atoms with Crippen molar-refractivity contribution in [3.8, 4) is 0 Å². The number of hydrogen-bond donors (Lipinski definition) is 1. The Bertz CT molecular complexity index is 916. The number of carbonyl (C=O) groups is 2. The first-order valence-electron chi connectivity index (χ1n) is 10.7. The molecule has 1 aliphatic rings. The number of rotatable bonds is 9. The molecule has 2 amide bonds. The number of thioether (sulfide) groups is 1. The highest BCUT2D eigenvalue weighted by molar-refractivity contribution is 7.99. The third-order valence-corrected chi connectivity index (χ3v) is 7.36. The summed E-state index contributed by atoms with van der Waals surface area (Å²) >= 11 is 14.1. The van der Waals surface area contributed by atoms with Crippen LogP contribution >= 0.6 is 35.0 Å². The van der Waals surface area contributed by atoms with E-state index in [2.05, 4.69) is 5.32 Å². The van der Waals surface area contributed by atoms with Gasteiger partial charge in [-0.1, -0.05) is 54.2 Å². The van der Waals surface area contributed by atoms with Gasteiger partial charge >= 0.3 is 0 Å². The molecule has 4 nitrogen and oxygen atoms in total. The maximum Gasteiger partial charge on any atom is 0.242 e. The van der Waals surface area contributed by atoms with Gasteiger partial charge in [-0.05, 0) is 49.6 Å². The van der Waals surface area contributed by atoms with Crippen LogP contribution in [0.2, 0.25) is 10.0 Å². The molecule has 0 aromatic heterocycles. The van der Waals surface area contributed by atoms with Gasteiger partial charge in [-0.3, -0.25) is 9.59 Å². The summed E-state index contributed by atoms with van der Waals surface area (Å²) in [5.41, 5.74) is 1.55. The molecule has 0 heterocycles. The zero-order valence-electron chi connectivity index (χ0n) is 18.0. The standard InChI is InChI=1S/C24H27Cl2FN2O2S/c1-16(24(31)28-19-5-2-3-6-19)29(13-20-21(25)7-4-8-22(20)26)23(30)15-32-14-17-9-11-18(27)12-10-17/h4,7-12,16,19H,2-3,5-6,13-15H2,1H3,(H,28,31)/t16-/m0/s1. The Morgan fingerprint density at radius 3 is 2.38 bits per heavy atom. The molecule has 1 saturated carbocycles. The number of nitrogens with zero attached hydrogens (tertiary/aromatic N) is 1. The molecule has 0 spiro atoms. The molecule has 1 atom stereocenters. The molecule has 0 unspecified atom stereocenters.